The first-order valence-electron chi connectivity index (χ1n) is 14.8. The van der Waals surface area contributed by atoms with E-state index in [1.54, 1.807) is 17.4 Å². The number of sulfone groups is 1. The predicted molar refractivity (Wildman–Crippen MR) is 159 cm³/mol. The summed E-state index contributed by atoms with van der Waals surface area (Å²) in [5.41, 5.74) is 1.49. The van der Waals surface area contributed by atoms with Crippen molar-refractivity contribution in [3.63, 3.8) is 0 Å². The van der Waals surface area contributed by atoms with Crippen molar-refractivity contribution in [1.82, 2.24) is 20.0 Å². The van der Waals surface area contributed by atoms with Gasteiger partial charge in [0.05, 0.1) is 43.9 Å². The van der Waals surface area contributed by atoms with Crippen LogP contribution < -0.4 is 10.2 Å². The summed E-state index contributed by atoms with van der Waals surface area (Å²) in [6.45, 7) is 5.20. The average Bonchev–Trinajstić information content (AvgIpc) is 2.99. The summed E-state index contributed by atoms with van der Waals surface area (Å²) < 4.78 is 69.3. The third kappa shape index (κ3) is 8.39. The highest BCUT2D eigenvalue weighted by Gasteiger charge is 2.31. The van der Waals surface area contributed by atoms with E-state index in [4.69, 9.17) is 4.74 Å². The Morgan fingerprint density at radius 1 is 0.956 bits per heavy atom. The Hall–Kier alpha value is -3.53. The molecule has 5 rings (SSSR count). The minimum absolute atomic E-state index is 0.00890. The van der Waals surface area contributed by atoms with E-state index < -0.39 is 46.3 Å². The van der Waals surface area contributed by atoms with Crippen LogP contribution in [-0.2, 0) is 32.5 Å². The predicted octanol–water partition coefficient (Wildman–Crippen LogP) is 1.76. The zero-order valence-corrected chi connectivity index (χ0v) is 25.5. The lowest BCUT2D eigenvalue weighted by Gasteiger charge is -2.42. The lowest BCUT2D eigenvalue weighted by molar-refractivity contribution is -0.131. The van der Waals surface area contributed by atoms with Crippen LogP contribution in [0.1, 0.15) is 21.5 Å². The van der Waals surface area contributed by atoms with Crippen molar-refractivity contribution in [2.75, 3.05) is 75.4 Å². The summed E-state index contributed by atoms with van der Waals surface area (Å²) in [5.74, 6) is -3.50. The van der Waals surface area contributed by atoms with E-state index >= 15 is 4.39 Å². The molecule has 0 spiro atoms. The van der Waals surface area contributed by atoms with Gasteiger partial charge in [0.25, 0.3) is 5.91 Å². The number of carbonyl (C=O) groups excluding carboxylic acids is 3. The number of ether oxygens (including phenoxy) is 1. The van der Waals surface area contributed by atoms with Crippen molar-refractivity contribution in [2.24, 2.45) is 0 Å². The van der Waals surface area contributed by atoms with Crippen LogP contribution in [0.2, 0.25) is 0 Å². The number of rotatable bonds is 10. The molecule has 3 heterocycles. The number of urea groups is 1. The van der Waals surface area contributed by atoms with Gasteiger partial charge >= 0.3 is 12.5 Å². The van der Waals surface area contributed by atoms with Gasteiger partial charge < -0.3 is 15.0 Å². The molecule has 0 bridgehead atoms. The number of ketones is 1. The van der Waals surface area contributed by atoms with E-state index in [9.17, 15) is 31.6 Å². The van der Waals surface area contributed by atoms with Gasteiger partial charge in [0.15, 0.2) is 15.6 Å². The lowest BCUT2D eigenvalue weighted by atomic mass is 10.1. The van der Waals surface area contributed by atoms with Gasteiger partial charge in [0.2, 0.25) is 0 Å². The topological polar surface area (TPSA) is 120 Å². The van der Waals surface area contributed by atoms with Gasteiger partial charge in [0, 0.05) is 62.6 Å². The van der Waals surface area contributed by atoms with Gasteiger partial charge in [-0.1, -0.05) is 24.3 Å². The summed E-state index contributed by atoms with van der Waals surface area (Å²) in [5, 5.41) is 1.79. The Morgan fingerprint density at radius 3 is 2.20 bits per heavy atom. The second kappa shape index (κ2) is 14.3. The van der Waals surface area contributed by atoms with E-state index in [0.29, 0.717) is 11.7 Å². The van der Waals surface area contributed by atoms with Crippen molar-refractivity contribution in [3.8, 4) is 0 Å². The molecule has 11 nitrogen and oxygen atoms in total. The Balaban J connectivity index is 1.28. The molecule has 244 valence electrons. The number of benzene rings is 2. The highest BCUT2D eigenvalue weighted by atomic mass is 32.2. The summed E-state index contributed by atoms with van der Waals surface area (Å²) >= 11 is 0. The zero-order chi connectivity index (χ0) is 32.1. The smallest absolute Gasteiger partial charge is 0.324 e. The largest absolute Gasteiger partial charge is 0.378 e. The van der Waals surface area contributed by atoms with Crippen LogP contribution in [0.25, 0.3) is 0 Å². The van der Waals surface area contributed by atoms with Gasteiger partial charge in [0.1, 0.15) is 5.82 Å². The summed E-state index contributed by atoms with van der Waals surface area (Å²) in [6, 6.07) is 11.0. The van der Waals surface area contributed by atoms with Crippen LogP contribution in [-0.4, -0.2) is 124 Å². The van der Waals surface area contributed by atoms with E-state index in [0.717, 1.165) is 57.6 Å². The molecule has 0 saturated carbocycles. The average molecular weight is 652 g/mol. The second-order valence-corrected chi connectivity index (χ2v) is 13.7. The van der Waals surface area contributed by atoms with Gasteiger partial charge in [-0.05, 0) is 23.8 Å². The summed E-state index contributed by atoms with van der Waals surface area (Å²) in [7, 11) is -3.25. The fourth-order valence-electron chi connectivity index (χ4n) is 5.47. The van der Waals surface area contributed by atoms with Crippen molar-refractivity contribution in [1.29, 1.82) is 0 Å². The molecule has 0 aromatic heterocycles. The van der Waals surface area contributed by atoms with E-state index in [1.165, 1.54) is 21.9 Å². The molecule has 3 saturated heterocycles. The molecule has 0 atom stereocenters. The lowest BCUT2D eigenvalue weighted by Crippen LogP contribution is -2.56. The molecule has 0 aliphatic carbocycles. The van der Waals surface area contributed by atoms with E-state index in [1.807, 2.05) is 12.1 Å². The first-order chi connectivity index (χ1) is 21.5. The maximum atomic E-state index is 15.2. The number of alkyl halides is 2. The zero-order valence-electron chi connectivity index (χ0n) is 24.7. The Morgan fingerprint density at radius 2 is 1.62 bits per heavy atom. The molecule has 1 N–H and O–H groups in total. The Labute approximate surface area is 259 Å². The molecule has 45 heavy (non-hydrogen) atoms. The fourth-order valence-corrected chi connectivity index (χ4v) is 6.67. The van der Waals surface area contributed by atoms with Crippen LogP contribution in [0.15, 0.2) is 42.5 Å². The summed E-state index contributed by atoms with van der Waals surface area (Å²) in [4.78, 5) is 44.7. The van der Waals surface area contributed by atoms with E-state index in [2.05, 4.69) is 9.80 Å². The maximum absolute atomic E-state index is 15.2. The normalized spacial score (nSPS) is 19.2. The third-order valence-electron chi connectivity index (χ3n) is 8.37. The van der Waals surface area contributed by atoms with Crippen molar-refractivity contribution < 1.29 is 40.7 Å². The van der Waals surface area contributed by atoms with Crippen LogP contribution in [0.3, 0.4) is 0 Å². The number of nitrogens with zero attached hydrogens (tertiary/aromatic N) is 4. The number of piperazine rings is 1. The number of hydrogen-bond donors (Lipinski definition) is 1. The van der Waals surface area contributed by atoms with Gasteiger partial charge in [-0.2, -0.15) is 8.78 Å². The van der Waals surface area contributed by atoms with E-state index in [-0.39, 0.29) is 42.3 Å². The number of hydrogen-bond acceptors (Lipinski definition) is 8. The Kier molecular flexibility index (Phi) is 10.4. The van der Waals surface area contributed by atoms with Crippen LogP contribution in [0.4, 0.5) is 23.7 Å². The summed E-state index contributed by atoms with van der Waals surface area (Å²) in [6.07, 6.45) is -3.28. The quantitative estimate of drug-likeness (QED) is 0.387. The number of nitrogens with one attached hydrogen (secondary N) is 1. The molecule has 3 amide bonds. The second-order valence-electron chi connectivity index (χ2n) is 11.4. The molecule has 15 heteroatoms. The Bertz CT molecular complexity index is 1480. The molecular weight excluding hydrogens is 615 g/mol. The van der Waals surface area contributed by atoms with Crippen molar-refractivity contribution >= 4 is 33.2 Å². The number of amides is 3. The van der Waals surface area contributed by atoms with Crippen molar-refractivity contribution in [3.05, 3.63) is 65.0 Å². The molecular formula is C30H36F3N5O6S. The standard InChI is InChI=1S/C30H36F3N5O6S/c31-26-15-22(27(39)16-34-29(40)28(32)33)3-4-23(26)18-38(30(41)37-11-13-45(42,43)14-12-37)24-5-1-21(2-6-24)17-35-7-9-36(10-8-35)25-19-44-20-25/h1-6,15,25,28H,7-14,16-20H2,(H,34,40). The molecule has 3 aliphatic rings. The van der Waals surface area contributed by atoms with Gasteiger partial charge in [-0.25, -0.2) is 17.6 Å². The molecule has 3 fully saturated rings. The molecule has 0 radical (unpaired) electrons. The maximum Gasteiger partial charge on any atom is 0.324 e. The highest BCUT2D eigenvalue weighted by Crippen LogP contribution is 2.24. The molecule has 2 aromatic rings. The fraction of sp³-hybridized carbons (Fsp3) is 0.500. The first kappa shape index (κ1) is 32.9. The number of anilines is 1. The van der Waals surface area contributed by atoms with Crippen molar-refractivity contribution in [2.45, 2.75) is 25.6 Å². The van der Waals surface area contributed by atoms with Crippen LogP contribution >= 0.6 is 0 Å². The highest BCUT2D eigenvalue weighted by molar-refractivity contribution is 7.91. The van der Waals surface area contributed by atoms with Gasteiger partial charge in [-0.15, -0.1) is 0 Å². The molecule has 0 unspecified atom stereocenters. The molecule has 2 aromatic carbocycles. The minimum Gasteiger partial charge on any atom is -0.378 e. The number of carbonyl (C=O) groups is 3. The minimum atomic E-state index is -3.28. The third-order valence-corrected chi connectivity index (χ3v) is 9.98. The van der Waals surface area contributed by atoms with Gasteiger partial charge in [-0.3, -0.25) is 24.3 Å². The first-order valence-corrected chi connectivity index (χ1v) is 16.6. The number of Topliss-reactive ketones (excluding diaryl/α,β-unsaturated/α-hetero) is 1. The monoisotopic (exact) mass is 651 g/mol. The van der Waals surface area contributed by atoms with Crippen LogP contribution in [0.5, 0.6) is 0 Å². The molecule has 3 aliphatic heterocycles. The SMILES string of the molecule is O=C(CNC(=O)C(F)F)c1ccc(CN(C(=O)N2CCS(=O)(=O)CC2)c2ccc(CN3CCN(C4COC4)CC3)cc2)c(F)c1. The van der Waals surface area contributed by atoms with Crippen LogP contribution in [0, 0.1) is 5.82 Å². The number of halogens is 3.